The molecule has 196 valence electrons. The fourth-order valence-electron chi connectivity index (χ4n) is 4.58. The third-order valence-corrected chi connectivity index (χ3v) is 6.30. The number of pyridine rings is 2. The van der Waals surface area contributed by atoms with E-state index in [1.54, 1.807) is 33.2 Å². The van der Waals surface area contributed by atoms with E-state index in [-0.39, 0.29) is 34.8 Å². The summed E-state index contributed by atoms with van der Waals surface area (Å²) in [4.78, 5) is 33.1. The Kier molecular flexibility index (Phi) is 7.47. The lowest BCUT2D eigenvalue weighted by molar-refractivity contribution is 0.0488. The minimum Gasteiger partial charge on any atom is -0.478 e. The molecule has 0 bridgehead atoms. The van der Waals surface area contributed by atoms with Crippen molar-refractivity contribution in [3.63, 3.8) is 0 Å². The number of carboxylic acid groups (broad SMARTS) is 1. The van der Waals surface area contributed by atoms with E-state index >= 15 is 4.39 Å². The highest BCUT2D eigenvalue weighted by Crippen LogP contribution is 2.32. The molecule has 9 nitrogen and oxygen atoms in total. The minimum atomic E-state index is -1.30. The van der Waals surface area contributed by atoms with Crippen LogP contribution in [0, 0.1) is 12.7 Å². The Morgan fingerprint density at radius 1 is 1.08 bits per heavy atom. The standard InChI is InChI=1S/C27H32FN5O4/c1-15-21(25(34)35)23(31-20-14-29-13-16-9-5-6-10-17(16)20)33-24(22(15)28)30-18-11-7-8-12-19(18)32-26(36)37-27(2,3)4/h5-6,9-10,13-14,18-19H,7-8,11-12H2,1-4H3,(H,32,36)(H,34,35)(H2,30,31,33)/t18-,19+/m1/s1. The zero-order valence-electron chi connectivity index (χ0n) is 21.4. The van der Waals surface area contributed by atoms with Gasteiger partial charge in [-0.15, -0.1) is 0 Å². The predicted molar refractivity (Wildman–Crippen MR) is 140 cm³/mol. The smallest absolute Gasteiger partial charge is 0.407 e. The molecule has 4 rings (SSSR count). The van der Waals surface area contributed by atoms with Gasteiger partial charge in [-0.05, 0) is 40.5 Å². The van der Waals surface area contributed by atoms with Crippen LogP contribution in [0.4, 0.5) is 26.5 Å². The molecule has 1 fully saturated rings. The average molecular weight is 510 g/mol. The summed E-state index contributed by atoms with van der Waals surface area (Å²) in [6.45, 7) is 6.77. The van der Waals surface area contributed by atoms with Crippen LogP contribution in [-0.4, -0.2) is 44.8 Å². The number of ether oxygens (including phenoxy) is 1. The number of anilines is 3. The summed E-state index contributed by atoms with van der Waals surface area (Å²) in [5, 5.41) is 20.6. The van der Waals surface area contributed by atoms with Gasteiger partial charge in [-0.1, -0.05) is 37.1 Å². The molecule has 0 saturated heterocycles. The number of nitrogens with one attached hydrogen (secondary N) is 3. The molecule has 0 aliphatic heterocycles. The number of hydrogen-bond donors (Lipinski definition) is 4. The van der Waals surface area contributed by atoms with E-state index in [4.69, 9.17) is 4.74 Å². The second-order valence-electron chi connectivity index (χ2n) is 10.2. The number of halogens is 1. The molecule has 4 N–H and O–H groups in total. The number of alkyl carbamates (subject to hydrolysis) is 1. The van der Waals surface area contributed by atoms with Gasteiger partial charge in [-0.25, -0.2) is 19.0 Å². The Hall–Kier alpha value is -3.95. The molecule has 1 saturated carbocycles. The van der Waals surface area contributed by atoms with E-state index in [2.05, 4.69) is 25.9 Å². The van der Waals surface area contributed by atoms with Crippen molar-refractivity contribution in [2.45, 2.75) is 71.1 Å². The number of fused-ring (bicyclic) bond motifs is 1. The van der Waals surface area contributed by atoms with Gasteiger partial charge in [0.25, 0.3) is 0 Å². The van der Waals surface area contributed by atoms with Crippen LogP contribution in [0.2, 0.25) is 0 Å². The quantitative estimate of drug-likeness (QED) is 0.330. The number of carbonyl (C=O) groups is 2. The third-order valence-electron chi connectivity index (χ3n) is 6.30. The number of amides is 1. The number of hydrogen-bond acceptors (Lipinski definition) is 7. The molecule has 37 heavy (non-hydrogen) atoms. The summed E-state index contributed by atoms with van der Waals surface area (Å²) in [5.41, 5.74) is -0.403. The summed E-state index contributed by atoms with van der Waals surface area (Å²) in [5.74, 6) is -2.13. The van der Waals surface area contributed by atoms with Gasteiger partial charge in [0.05, 0.1) is 17.9 Å². The van der Waals surface area contributed by atoms with E-state index in [1.807, 2.05) is 24.3 Å². The molecule has 1 amide bonds. The van der Waals surface area contributed by atoms with Crippen LogP contribution in [0.25, 0.3) is 10.8 Å². The van der Waals surface area contributed by atoms with Crippen molar-refractivity contribution in [3.05, 3.63) is 53.6 Å². The Balaban J connectivity index is 1.66. The Bertz CT molecular complexity index is 1320. The predicted octanol–water partition coefficient (Wildman–Crippen LogP) is 5.77. The highest BCUT2D eigenvalue weighted by molar-refractivity contribution is 5.99. The highest BCUT2D eigenvalue weighted by Gasteiger charge is 2.31. The van der Waals surface area contributed by atoms with Crippen LogP contribution in [0.5, 0.6) is 0 Å². The van der Waals surface area contributed by atoms with Crippen molar-refractivity contribution in [2.24, 2.45) is 0 Å². The first-order valence-corrected chi connectivity index (χ1v) is 12.3. The Morgan fingerprint density at radius 3 is 2.49 bits per heavy atom. The van der Waals surface area contributed by atoms with Crippen molar-refractivity contribution in [1.29, 1.82) is 0 Å². The molecular formula is C27H32FN5O4. The lowest BCUT2D eigenvalue weighted by Crippen LogP contribution is -2.50. The van der Waals surface area contributed by atoms with Crippen molar-refractivity contribution in [3.8, 4) is 0 Å². The molecule has 0 spiro atoms. The molecule has 1 aliphatic carbocycles. The zero-order chi connectivity index (χ0) is 26.7. The largest absolute Gasteiger partial charge is 0.478 e. The fraction of sp³-hybridized carbons (Fsp3) is 0.407. The number of aromatic carboxylic acids is 1. The van der Waals surface area contributed by atoms with Crippen LogP contribution in [-0.2, 0) is 4.74 Å². The van der Waals surface area contributed by atoms with Crippen LogP contribution >= 0.6 is 0 Å². The van der Waals surface area contributed by atoms with Crippen LogP contribution in [0.1, 0.15) is 62.4 Å². The Morgan fingerprint density at radius 2 is 1.78 bits per heavy atom. The molecule has 2 heterocycles. The molecule has 0 unspecified atom stereocenters. The monoisotopic (exact) mass is 509 g/mol. The van der Waals surface area contributed by atoms with E-state index in [9.17, 15) is 14.7 Å². The van der Waals surface area contributed by atoms with Crippen molar-refractivity contribution in [1.82, 2.24) is 15.3 Å². The third kappa shape index (κ3) is 6.07. The average Bonchev–Trinajstić information content (AvgIpc) is 2.82. The summed E-state index contributed by atoms with van der Waals surface area (Å²) >= 11 is 0. The van der Waals surface area contributed by atoms with Gasteiger partial charge in [-0.2, -0.15) is 0 Å². The number of rotatable bonds is 6. The number of nitrogens with zero attached hydrogens (tertiary/aromatic N) is 2. The fourth-order valence-corrected chi connectivity index (χ4v) is 4.58. The minimum absolute atomic E-state index is 0.000450. The molecule has 1 aliphatic rings. The molecule has 10 heteroatoms. The molecule has 3 aromatic rings. The number of carbonyl (C=O) groups excluding carboxylic acids is 1. The van der Waals surface area contributed by atoms with Gasteiger partial charge in [0.15, 0.2) is 11.6 Å². The topological polar surface area (TPSA) is 125 Å². The first kappa shape index (κ1) is 26.1. The second-order valence-corrected chi connectivity index (χ2v) is 10.2. The number of aromatic nitrogens is 2. The zero-order valence-corrected chi connectivity index (χ0v) is 21.4. The van der Waals surface area contributed by atoms with Gasteiger partial charge in [0.2, 0.25) is 0 Å². The van der Waals surface area contributed by atoms with Crippen LogP contribution in [0.15, 0.2) is 36.7 Å². The van der Waals surface area contributed by atoms with Gasteiger partial charge < -0.3 is 25.8 Å². The van der Waals surface area contributed by atoms with Gasteiger partial charge in [-0.3, -0.25) is 4.98 Å². The summed E-state index contributed by atoms with van der Waals surface area (Å²) in [6, 6.07) is 6.90. The maximum Gasteiger partial charge on any atom is 0.407 e. The van der Waals surface area contributed by atoms with Gasteiger partial charge >= 0.3 is 12.1 Å². The van der Waals surface area contributed by atoms with Crippen molar-refractivity contribution >= 4 is 40.2 Å². The van der Waals surface area contributed by atoms with E-state index in [0.717, 1.165) is 23.6 Å². The van der Waals surface area contributed by atoms with E-state index < -0.39 is 23.5 Å². The Labute approximate surface area is 214 Å². The molecule has 2 atom stereocenters. The maximum atomic E-state index is 15.4. The summed E-state index contributed by atoms with van der Waals surface area (Å²) in [7, 11) is 0. The summed E-state index contributed by atoms with van der Waals surface area (Å²) < 4.78 is 20.8. The first-order chi connectivity index (χ1) is 17.5. The lowest BCUT2D eigenvalue weighted by Gasteiger charge is -2.34. The van der Waals surface area contributed by atoms with E-state index in [0.29, 0.717) is 18.5 Å². The highest BCUT2D eigenvalue weighted by atomic mass is 19.1. The van der Waals surface area contributed by atoms with Crippen LogP contribution in [0.3, 0.4) is 0 Å². The van der Waals surface area contributed by atoms with Crippen LogP contribution < -0.4 is 16.0 Å². The first-order valence-electron chi connectivity index (χ1n) is 12.3. The molecular weight excluding hydrogens is 477 g/mol. The SMILES string of the molecule is Cc1c(F)c(N[C@@H]2CCCC[C@@H]2NC(=O)OC(C)(C)C)nc(Nc2cncc3ccccc23)c1C(=O)O. The lowest BCUT2D eigenvalue weighted by atomic mass is 9.90. The molecule has 1 aromatic carbocycles. The van der Waals surface area contributed by atoms with Gasteiger partial charge in [0, 0.05) is 28.6 Å². The molecule has 0 radical (unpaired) electrons. The number of benzene rings is 1. The van der Waals surface area contributed by atoms with Crippen molar-refractivity contribution in [2.75, 3.05) is 10.6 Å². The normalized spacial score (nSPS) is 17.8. The molecule has 2 aromatic heterocycles. The number of carboxylic acids is 1. The van der Waals surface area contributed by atoms with Gasteiger partial charge in [0.1, 0.15) is 17.0 Å². The maximum absolute atomic E-state index is 15.4. The summed E-state index contributed by atoms with van der Waals surface area (Å²) in [6.07, 6.45) is 5.91. The van der Waals surface area contributed by atoms with Crippen molar-refractivity contribution < 1.29 is 23.8 Å². The van der Waals surface area contributed by atoms with E-state index in [1.165, 1.54) is 6.92 Å². The second kappa shape index (κ2) is 10.6.